The van der Waals surface area contributed by atoms with E-state index in [0.717, 1.165) is 70.3 Å². The zero-order valence-electron chi connectivity index (χ0n) is 24.3. The van der Waals surface area contributed by atoms with Crippen LogP contribution in [0.1, 0.15) is 68.1 Å². The number of benzene rings is 3. The van der Waals surface area contributed by atoms with Gasteiger partial charge in [0, 0.05) is 53.4 Å². The third kappa shape index (κ3) is 6.01. The molecule has 3 aromatic rings. The number of nitrogens with zero attached hydrogens (tertiary/aromatic N) is 1. The number of Topliss-reactive ketones (excluding diaryl/α,β-unsaturated/α-hetero) is 2. The van der Waals surface area contributed by atoms with Crippen LogP contribution in [0.3, 0.4) is 0 Å². The lowest BCUT2D eigenvalue weighted by Crippen LogP contribution is -2.40. The molecule has 0 fully saturated rings. The molecule has 3 aliphatic rings. The molecule has 3 aromatic carbocycles. The number of carbonyl (C=O) groups is 2. The predicted molar refractivity (Wildman–Crippen MR) is 172 cm³/mol. The minimum atomic E-state index is -0.438. The summed E-state index contributed by atoms with van der Waals surface area (Å²) in [6.45, 7) is 3.11. The Morgan fingerprint density at radius 1 is 0.860 bits per heavy atom. The molecule has 0 saturated carbocycles. The fourth-order valence-corrected chi connectivity index (χ4v) is 7.41. The summed E-state index contributed by atoms with van der Waals surface area (Å²) in [7, 11) is 0. The minimum absolute atomic E-state index is 0.0590. The SMILES string of the molecule is CCOc1cc(C2C3=C(CCCC3=O)N(CCc3ccccc3)C3=C2C(=O)CCC3)cc(I)c1OCc1ccccc1F. The van der Waals surface area contributed by atoms with Gasteiger partial charge in [-0.25, -0.2) is 4.39 Å². The molecule has 43 heavy (non-hydrogen) atoms. The molecular formula is C36H35FINO4. The standard InChI is InChI=1S/C36H35FINO4/c1-2-42-32-21-25(20-27(38)36(32)43-22-24-12-6-7-13-26(24)37)33-34-28(14-8-16-30(34)40)39(19-18-23-10-4-3-5-11-23)29-15-9-17-31(41)35(29)33/h3-7,10-13,20-21,33H,2,8-9,14-19,22H2,1H3. The van der Waals surface area contributed by atoms with Gasteiger partial charge in [-0.15, -0.1) is 0 Å². The lowest BCUT2D eigenvalue weighted by Gasteiger charge is -2.44. The van der Waals surface area contributed by atoms with Gasteiger partial charge in [-0.3, -0.25) is 9.59 Å². The molecule has 0 radical (unpaired) electrons. The lowest BCUT2D eigenvalue weighted by atomic mass is 9.71. The fourth-order valence-electron chi connectivity index (χ4n) is 6.63. The average molecular weight is 692 g/mol. The fraction of sp³-hybridized carbons (Fsp3) is 0.333. The molecule has 2 aliphatic carbocycles. The lowest BCUT2D eigenvalue weighted by molar-refractivity contribution is -0.117. The molecule has 0 N–H and O–H groups in total. The molecule has 222 valence electrons. The van der Waals surface area contributed by atoms with E-state index < -0.39 is 5.92 Å². The van der Waals surface area contributed by atoms with Crippen LogP contribution in [0.25, 0.3) is 0 Å². The number of allylic oxidation sites excluding steroid dienone is 4. The number of rotatable bonds is 9. The van der Waals surface area contributed by atoms with Crippen LogP contribution in [0.4, 0.5) is 4.39 Å². The highest BCUT2D eigenvalue weighted by Gasteiger charge is 2.43. The predicted octanol–water partition coefficient (Wildman–Crippen LogP) is 8.06. The molecular weight excluding hydrogens is 656 g/mol. The van der Waals surface area contributed by atoms with Crippen molar-refractivity contribution in [1.82, 2.24) is 4.90 Å². The van der Waals surface area contributed by atoms with Gasteiger partial charge < -0.3 is 14.4 Å². The normalized spacial score (nSPS) is 17.2. The Hall–Kier alpha value is -3.46. The summed E-state index contributed by atoms with van der Waals surface area (Å²) in [5.74, 6) is 0.539. The Morgan fingerprint density at radius 2 is 1.51 bits per heavy atom. The van der Waals surface area contributed by atoms with Crippen molar-refractivity contribution in [1.29, 1.82) is 0 Å². The van der Waals surface area contributed by atoms with E-state index in [9.17, 15) is 14.0 Å². The van der Waals surface area contributed by atoms with E-state index in [2.05, 4.69) is 39.6 Å². The summed E-state index contributed by atoms with van der Waals surface area (Å²) in [6.07, 6.45) is 5.06. The second-order valence-electron chi connectivity index (χ2n) is 11.2. The van der Waals surface area contributed by atoms with E-state index in [1.807, 2.05) is 37.3 Å². The summed E-state index contributed by atoms with van der Waals surface area (Å²) in [5.41, 5.74) is 6.20. The highest BCUT2D eigenvalue weighted by atomic mass is 127. The van der Waals surface area contributed by atoms with Gasteiger partial charge in [0.25, 0.3) is 0 Å². The van der Waals surface area contributed by atoms with Gasteiger partial charge in [-0.1, -0.05) is 48.5 Å². The van der Waals surface area contributed by atoms with Crippen molar-refractivity contribution < 1.29 is 23.5 Å². The maximum Gasteiger partial charge on any atom is 0.174 e. The third-order valence-electron chi connectivity index (χ3n) is 8.55. The van der Waals surface area contributed by atoms with Crippen molar-refractivity contribution in [3.05, 3.63) is 115 Å². The molecule has 1 aliphatic heterocycles. The second-order valence-corrected chi connectivity index (χ2v) is 12.4. The minimum Gasteiger partial charge on any atom is -0.490 e. The molecule has 0 saturated heterocycles. The van der Waals surface area contributed by atoms with Crippen molar-refractivity contribution in [3.63, 3.8) is 0 Å². The number of hydrogen-bond donors (Lipinski definition) is 0. The summed E-state index contributed by atoms with van der Waals surface area (Å²) >= 11 is 2.22. The van der Waals surface area contributed by atoms with Gasteiger partial charge in [0.05, 0.1) is 10.2 Å². The molecule has 0 aromatic heterocycles. The highest BCUT2D eigenvalue weighted by Crippen LogP contribution is 2.50. The molecule has 0 unspecified atom stereocenters. The molecule has 6 rings (SSSR count). The summed E-state index contributed by atoms with van der Waals surface area (Å²) in [6, 6.07) is 20.9. The first-order valence-corrected chi connectivity index (χ1v) is 16.2. The summed E-state index contributed by atoms with van der Waals surface area (Å²) in [4.78, 5) is 29.8. The smallest absolute Gasteiger partial charge is 0.174 e. The topological polar surface area (TPSA) is 55.8 Å². The van der Waals surface area contributed by atoms with E-state index in [1.54, 1.807) is 18.2 Å². The Morgan fingerprint density at radius 3 is 2.16 bits per heavy atom. The van der Waals surface area contributed by atoms with E-state index >= 15 is 0 Å². The van der Waals surface area contributed by atoms with Crippen LogP contribution in [0.15, 0.2) is 89.3 Å². The zero-order chi connectivity index (χ0) is 29.9. The van der Waals surface area contributed by atoms with Crippen LogP contribution in [-0.4, -0.2) is 29.6 Å². The Labute approximate surface area is 265 Å². The average Bonchev–Trinajstić information content (AvgIpc) is 3.01. The van der Waals surface area contributed by atoms with Gasteiger partial charge in [-0.05, 0) is 90.9 Å². The van der Waals surface area contributed by atoms with Crippen LogP contribution in [-0.2, 0) is 22.6 Å². The quantitative estimate of drug-likeness (QED) is 0.213. The number of ketones is 2. The Kier molecular flexibility index (Phi) is 8.98. The highest BCUT2D eigenvalue weighted by molar-refractivity contribution is 14.1. The number of halogens is 2. The van der Waals surface area contributed by atoms with Crippen molar-refractivity contribution in [2.24, 2.45) is 0 Å². The molecule has 0 spiro atoms. The van der Waals surface area contributed by atoms with E-state index in [1.165, 1.54) is 11.6 Å². The molecule has 0 atom stereocenters. The Bertz CT molecular complexity index is 1570. The van der Waals surface area contributed by atoms with Gasteiger partial charge in [0.2, 0.25) is 0 Å². The van der Waals surface area contributed by atoms with Gasteiger partial charge in [0.15, 0.2) is 23.1 Å². The van der Waals surface area contributed by atoms with Crippen LogP contribution < -0.4 is 9.47 Å². The Balaban J connectivity index is 1.42. The van der Waals surface area contributed by atoms with E-state index in [-0.39, 0.29) is 24.0 Å². The molecule has 0 bridgehead atoms. The summed E-state index contributed by atoms with van der Waals surface area (Å²) < 4.78 is 27.3. The largest absolute Gasteiger partial charge is 0.490 e. The van der Waals surface area contributed by atoms with E-state index in [4.69, 9.17) is 9.47 Å². The maximum atomic E-state index is 14.3. The molecule has 1 heterocycles. The van der Waals surface area contributed by atoms with E-state index in [0.29, 0.717) is 36.5 Å². The zero-order valence-corrected chi connectivity index (χ0v) is 26.5. The first-order chi connectivity index (χ1) is 21.0. The maximum absolute atomic E-state index is 14.3. The van der Waals surface area contributed by atoms with Gasteiger partial charge in [0.1, 0.15) is 12.4 Å². The molecule has 5 nitrogen and oxygen atoms in total. The van der Waals surface area contributed by atoms with Crippen LogP contribution in [0, 0.1) is 9.39 Å². The monoisotopic (exact) mass is 691 g/mol. The first kappa shape index (κ1) is 29.6. The second kappa shape index (κ2) is 13.0. The van der Waals surface area contributed by atoms with Crippen molar-refractivity contribution >= 4 is 34.2 Å². The summed E-state index contributed by atoms with van der Waals surface area (Å²) in [5, 5.41) is 0. The van der Waals surface area contributed by atoms with Crippen molar-refractivity contribution in [2.45, 2.75) is 64.4 Å². The first-order valence-electron chi connectivity index (χ1n) is 15.1. The number of ether oxygens (including phenoxy) is 2. The van der Waals surface area contributed by atoms with Crippen LogP contribution in [0.2, 0.25) is 0 Å². The van der Waals surface area contributed by atoms with Gasteiger partial charge in [-0.2, -0.15) is 0 Å². The molecule has 0 amide bonds. The third-order valence-corrected chi connectivity index (χ3v) is 9.35. The van der Waals surface area contributed by atoms with Crippen molar-refractivity contribution in [3.8, 4) is 11.5 Å². The molecule has 7 heteroatoms. The number of carbonyl (C=O) groups excluding carboxylic acids is 2. The van der Waals surface area contributed by atoms with Gasteiger partial charge >= 0.3 is 0 Å². The number of hydrogen-bond acceptors (Lipinski definition) is 5. The van der Waals surface area contributed by atoms with Crippen LogP contribution in [0.5, 0.6) is 11.5 Å². The van der Waals surface area contributed by atoms with Crippen LogP contribution >= 0.6 is 22.6 Å². The van der Waals surface area contributed by atoms with Crippen molar-refractivity contribution in [2.75, 3.05) is 13.2 Å².